The van der Waals surface area contributed by atoms with Crippen molar-refractivity contribution in [1.82, 2.24) is 4.90 Å². The van der Waals surface area contributed by atoms with Gasteiger partial charge in [0.25, 0.3) is 0 Å². The van der Waals surface area contributed by atoms with Gasteiger partial charge < -0.3 is 9.64 Å². The normalized spacial score (nSPS) is 16.4. The zero-order valence-corrected chi connectivity index (χ0v) is 14.5. The molecule has 2 aromatic carbocycles. The Morgan fingerprint density at radius 3 is 2.68 bits per heavy atom. The molecule has 4 rings (SSSR count). The Morgan fingerprint density at radius 1 is 1.12 bits per heavy atom. The van der Waals surface area contributed by atoms with E-state index in [2.05, 4.69) is 42.2 Å². The predicted octanol–water partition coefficient (Wildman–Crippen LogP) is 3.23. The Morgan fingerprint density at radius 2 is 1.92 bits per heavy atom. The smallest absolute Gasteiger partial charge is 0.248 e. The first-order valence-corrected chi connectivity index (χ1v) is 8.47. The van der Waals surface area contributed by atoms with E-state index in [9.17, 15) is 4.79 Å². The summed E-state index contributed by atoms with van der Waals surface area (Å²) in [5.41, 5.74) is 6.22. The van der Waals surface area contributed by atoms with E-state index in [-0.39, 0.29) is 12.5 Å². The third-order valence-corrected chi connectivity index (χ3v) is 4.81. The highest BCUT2D eigenvalue weighted by Crippen LogP contribution is 2.35. The molecule has 126 valence electrons. The Kier molecular flexibility index (Phi) is 3.88. The zero-order valence-electron chi connectivity index (χ0n) is 14.5. The molecule has 2 aliphatic rings. The zero-order chi connectivity index (χ0) is 17.4. The van der Waals surface area contributed by atoms with Crippen molar-refractivity contribution in [2.45, 2.75) is 13.3 Å². The summed E-state index contributed by atoms with van der Waals surface area (Å²) in [6, 6.07) is 14.3. The minimum atomic E-state index is 0.0434. The number of carbonyl (C=O) groups is 1. The van der Waals surface area contributed by atoms with Crippen LogP contribution in [0.1, 0.15) is 22.3 Å². The molecule has 0 aliphatic carbocycles. The summed E-state index contributed by atoms with van der Waals surface area (Å²) in [6.45, 7) is 2.91. The molecule has 0 saturated carbocycles. The number of hydrogen-bond acceptors (Lipinski definition) is 3. The van der Waals surface area contributed by atoms with Crippen LogP contribution in [0.2, 0.25) is 0 Å². The van der Waals surface area contributed by atoms with Gasteiger partial charge in [-0.2, -0.15) is 0 Å². The van der Waals surface area contributed by atoms with E-state index in [1.54, 1.807) is 7.11 Å². The number of benzene rings is 2. The quantitative estimate of drug-likeness (QED) is 0.847. The molecule has 0 fully saturated rings. The van der Waals surface area contributed by atoms with Gasteiger partial charge in [-0.15, -0.1) is 0 Å². The number of ether oxygens (including phenoxy) is 1. The molecule has 0 bridgehead atoms. The number of nitrogens with zero attached hydrogens (tertiary/aromatic N) is 2. The van der Waals surface area contributed by atoms with Crippen LogP contribution >= 0.6 is 0 Å². The molecule has 2 heterocycles. The summed E-state index contributed by atoms with van der Waals surface area (Å²) < 4.78 is 5.51. The lowest BCUT2D eigenvalue weighted by molar-refractivity contribution is -0.126. The van der Waals surface area contributed by atoms with E-state index in [0.717, 1.165) is 40.3 Å². The van der Waals surface area contributed by atoms with E-state index >= 15 is 0 Å². The number of hydrogen-bond donors (Lipinski definition) is 0. The van der Waals surface area contributed by atoms with Crippen LogP contribution < -0.4 is 4.74 Å². The molecule has 2 aliphatic heterocycles. The van der Waals surface area contributed by atoms with Crippen LogP contribution in [0, 0.1) is 6.92 Å². The monoisotopic (exact) mass is 332 g/mol. The minimum absolute atomic E-state index is 0.0434. The summed E-state index contributed by atoms with van der Waals surface area (Å²) in [7, 11) is 1.69. The predicted molar refractivity (Wildman–Crippen MR) is 99.0 cm³/mol. The lowest BCUT2D eigenvalue weighted by Crippen LogP contribution is -2.35. The highest BCUT2D eigenvalue weighted by molar-refractivity contribution is 6.15. The molecule has 0 atom stereocenters. The van der Waals surface area contributed by atoms with Gasteiger partial charge in [-0.3, -0.25) is 9.79 Å². The van der Waals surface area contributed by atoms with E-state index < -0.39 is 0 Å². The van der Waals surface area contributed by atoms with Gasteiger partial charge in [0, 0.05) is 17.7 Å². The largest absolute Gasteiger partial charge is 0.496 e. The number of aryl methyl sites for hydroxylation is 1. The Hall–Kier alpha value is -2.88. The summed E-state index contributed by atoms with van der Waals surface area (Å²) in [6.07, 6.45) is 2.83. The first kappa shape index (κ1) is 15.6. The van der Waals surface area contributed by atoms with Crippen molar-refractivity contribution in [1.29, 1.82) is 0 Å². The van der Waals surface area contributed by atoms with Gasteiger partial charge in [-0.1, -0.05) is 42.0 Å². The summed E-state index contributed by atoms with van der Waals surface area (Å²) in [5.74, 6) is 0.922. The molecule has 0 saturated heterocycles. The van der Waals surface area contributed by atoms with E-state index in [1.165, 1.54) is 5.56 Å². The maximum absolute atomic E-state index is 12.6. The number of rotatable bonds is 2. The maximum atomic E-state index is 12.6. The highest BCUT2D eigenvalue weighted by Gasteiger charge is 2.29. The molecule has 4 heteroatoms. The van der Waals surface area contributed by atoms with Crippen molar-refractivity contribution >= 4 is 17.3 Å². The minimum Gasteiger partial charge on any atom is -0.496 e. The van der Waals surface area contributed by atoms with Gasteiger partial charge in [-0.25, -0.2) is 0 Å². The molecule has 0 N–H and O–H groups in total. The Balaban J connectivity index is 1.85. The molecule has 1 amide bonds. The second kappa shape index (κ2) is 6.20. The summed E-state index contributed by atoms with van der Waals surface area (Å²) in [5, 5.41) is 0. The fourth-order valence-electron chi connectivity index (χ4n) is 3.47. The van der Waals surface area contributed by atoms with Crippen LogP contribution in [0.3, 0.4) is 0 Å². The third-order valence-electron chi connectivity index (χ3n) is 4.81. The van der Waals surface area contributed by atoms with Crippen LogP contribution in [-0.2, 0) is 11.2 Å². The average molecular weight is 332 g/mol. The van der Waals surface area contributed by atoms with Crippen molar-refractivity contribution in [2.24, 2.45) is 4.99 Å². The second-order valence-electron chi connectivity index (χ2n) is 6.38. The highest BCUT2D eigenvalue weighted by atomic mass is 16.5. The van der Waals surface area contributed by atoms with E-state index in [4.69, 9.17) is 4.74 Å². The fourth-order valence-corrected chi connectivity index (χ4v) is 3.47. The molecule has 0 unspecified atom stereocenters. The van der Waals surface area contributed by atoms with Gasteiger partial charge in [0.15, 0.2) is 0 Å². The molecule has 0 radical (unpaired) electrons. The lowest BCUT2D eigenvalue weighted by Gasteiger charge is -2.31. The molecule has 2 aromatic rings. The average Bonchev–Trinajstić information content (AvgIpc) is 2.81. The van der Waals surface area contributed by atoms with Crippen LogP contribution in [0.15, 0.2) is 53.5 Å². The van der Waals surface area contributed by atoms with E-state index in [0.29, 0.717) is 6.54 Å². The molecular formula is C21H20N2O2. The first-order valence-electron chi connectivity index (χ1n) is 8.47. The third kappa shape index (κ3) is 2.74. The van der Waals surface area contributed by atoms with Crippen LogP contribution in [0.5, 0.6) is 5.75 Å². The number of fused-ring (bicyclic) bond motifs is 3. The van der Waals surface area contributed by atoms with Gasteiger partial charge >= 0.3 is 0 Å². The fraction of sp³-hybridized carbons (Fsp3) is 0.238. The van der Waals surface area contributed by atoms with Gasteiger partial charge in [0.05, 0.1) is 18.5 Å². The number of carbonyl (C=O) groups excluding carboxylic acids is 1. The number of methoxy groups -OCH3 is 1. The number of amides is 1. The maximum Gasteiger partial charge on any atom is 0.248 e. The number of aliphatic imine (C=N–C) groups is 1. The van der Waals surface area contributed by atoms with Gasteiger partial charge in [-0.05, 0) is 31.1 Å². The SMILES string of the molecule is COc1cccc2c1CCN1C(=O)CN=C(c3ccc(C)cc3)C=C21. The van der Waals surface area contributed by atoms with Gasteiger partial charge in [0.1, 0.15) is 12.3 Å². The number of allylic oxidation sites excluding steroid dienone is 1. The van der Waals surface area contributed by atoms with E-state index in [1.807, 2.05) is 23.1 Å². The van der Waals surface area contributed by atoms with Crippen molar-refractivity contribution in [2.75, 3.05) is 20.2 Å². The summed E-state index contributed by atoms with van der Waals surface area (Å²) >= 11 is 0. The van der Waals surface area contributed by atoms with Crippen LogP contribution in [-0.4, -0.2) is 36.7 Å². The second-order valence-corrected chi connectivity index (χ2v) is 6.38. The van der Waals surface area contributed by atoms with Crippen LogP contribution in [0.25, 0.3) is 5.70 Å². The summed E-state index contributed by atoms with van der Waals surface area (Å²) in [4.78, 5) is 19.0. The van der Waals surface area contributed by atoms with Crippen LogP contribution in [0.4, 0.5) is 0 Å². The molecular weight excluding hydrogens is 312 g/mol. The molecule has 0 spiro atoms. The topological polar surface area (TPSA) is 41.9 Å². The van der Waals surface area contributed by atoms with Gasteiger partial charge in [0.2, 0.25) is 5.91 Å². The first-order chi connectivity index (χ1) is 12.2. The van der Waals surface area contributed by atoms with Crippen molar-refractivity contribution in [3.63, 3.8) is 0 Å². The lowest BCUT2D eigenvalue weighted by atomic mass is 9.94. The van der Waals surface area contributed by atoms with Crippen molar-refractivity contribution in [3.8, 4) is 5.75 Å². The molecule has 25 heavy (non-hydrogen) atoms. The molecule has 0 aromatic heterocycles. The molecule has 4 nitrogen and oxygen atoms in total. The van der Waals surface area contributed by atoms with Crippen molar-refractivity contribution < 1.29 is 9.53 Å². The Labute approximate surface area is 147 Å². The van der Waals surface area contributed by atoms with Crippen molar-refractivity contribution in [3.05, 3.63) is 70.8 Å². The standard InChI is InChI=1S/C21H20N2O2/c1-14-6-8-15(9-7-14)18-12-19-16-4-3-5-20(25-2)17(16)10-11-23(19)21(24)13-22-18/h3-9,12H,10-11,13H2,1-2H3. The Bertz CT molecular complexity index is 895.